The fraction of sp³-hybridized carbons (Fsp3) is 0.375. The van der Waals surface area contributed by atoms with E-state index in [1.165, 1.54) is 0 Å². The molecule has 66 valence electrons. The summed E-state index contributed by atoms with van der Waals surface area (Å²) in [6.07, 6.45) is 0. The number of aromatic nitrogens is 1. The van der Waals surface area contributed by atoms with Gasteiger partial charge in [-0.3, -0.25) is 0 Å². The molecule has 4 heteroatoms. The highest BCUT2D eigenvalue weighted by Crippen LogP contribution is 2.28. The highest BCUT2D eigenvalue weighted by molar-refractivity contribution is 9.10. The van der Waals surface area contributed by atoms with Gasteiger partial charge in [-0.15, -0.1) is 0 Å². The van der Waals surface area contributed by atoms with Crippen LogP contribution in [-0.2, 0) is 0 Å². The summed E-state index contributed by atoms with van der Waals surface area (Å²) in [7, 11) is 0. The van der Waals surface area contributed by atoms with Crippen molar-refractivity contribution in [2.24, 2.45) is 0 Å². The summed E-state index contributed by atoms with van der Waals surface area (Å²) < 4.78 is 0.916. The Hall–Kier alpha value is -0.280. The average Bonchev–Trinajstić information content (AvgIpc) is 1.96. The molecule has 1 rings (SSSR count). The lowest BCUT2D eigenvalue weighted by Crippen LogP contribution is -1.98. The van der Waals surface area contributed by atoms with E-state index in [9.17, 15) is 0 Å². The van der Waals surface area contributed by atoms with Gasteiger partial charge in [0.1, 0.15) is 0 Å². The smallest absolute Gasteiger partial charge is 0.152 e. The fourth-order valence-electron chi connectivity index (χ4n) is 0.899. The summed E-state index contributed by atoms with van der Waals surface area (Å²) >= 11 is 9.15. The Bertz CT molecular complexity index is 299. The second-order valence-electron chi connectivity index (χ2n) is 2.89. The van der Waals surface area contributed by atoms with E-state index in [4.69, 9.17) is 17.3 Å². The first kappa shape index (κ1) is 9.81. The van der Waals surface area contributed by atoms with Gasteiger partial charge < -0.3 is 5.73 Å². The molecule has 0 saturated carbocycles. The Morgan fingerprint density at radius 3 is 2.67 bits per heavy atom. The maximum atomic E-state index is 5.77. The maximum Gasteiger partial charge on any atom is 0.152 e. The number of nitrogen functional groups attached to an aromatic ring is 1. The normalized spacial score (nSPS) is 10.8. The van der Waals surface area contributed by atoms with Crippen LogP contribution in [0.2, 0.25) is 5.15 Å². The molecule has 1 aromatic rings. The van der Waals surface area contributed by atoms with Crippen molar-refractivity contribution < 1.29 is 0 Å². The van der Waals surface area contributed by atoms with Crippen LogP contribution in [0.25, 0.3) is 0 Å². The Kier molecular flexibility index (Phi) is 2.96. The second-order valence-corrected chi connectivity index (χ2v) is 4.10. The molecule has 0 atom stereocenters. The van der Waals surface area contributed by atoms with Gasteiger partial charge >= 0.3 is 0 Å². The summed E-state index contributed by atoms with van der Waals surface area (Å²) in [5.74, 6) is 0.345. The van der Waals surface area contributed by atoms with E-state index in [2.05, 4.69) is 34.8 Å². The molecule has 0 aliphatic heterocycles. The molecule has 1 heterocycles. The van der Waals surface area contributed by atoms with Crippen LogP contribution in [-0.4, -0.2) is 4.98 Å². The molecule has 0 bridgehead atoms. The molecule has 0 aliphatic carbocycles. The molecular weight excluding hydrogens is 239 g/mol. The van der Waals surface area contributed by atoms with E-state index in [1.54, 1.807) is 6.07 Å². The van der Waals surface area contributed by atoms with Crippen LogP contribution in [0.5, 0.6) is 0 Å². The van der Waals surface area contributed by atoms with Crippen LogP contribution in [0.4, 0.5) is 5.69 Å². The third-order valence-corrected chi connectivity index (χ3v) is 2.47. The minimum atomic E-state index is 0.345. The van der Waals surface area contributed by atoms with Crippen molar-refractivity contribution in [1.82, 2.24) is 4.98 Å². The molecule has 0 fully saturated rings. The van der Waals surface area contributed by atoms with Crippen LogP contribution < -0.4 is 5.73 Å². The molecule has 0 aromatic carbocycles. The Labute approximate surface area is 85.3 Å². The van der Waals surface area contributed by atoms with Gasteiger partial charge in [0, 0.05) is 4.47 Å². The topological polar surface area (TPSA) is 38.9 Å². The van der Waals surface area contributed by atoms with E-state index in [-0.39, 0.29) is 0 Å². The van der Waals surface area contributed by atoms with Gasteiger partial charge in [0.15, 0.2) is 5.15 Å². The molecule has 0 saturated heterocycles. The van der Waals surface area contributed by atoms with Crippen molar-refractivity contribution in [1.29, 1.82) is 0 Å². The first-order valence-electron chi connectivity index (χ1n) is 3.63. The number of hydrogen-bond donors (Lipinski definition) is 1. The Morgan fingerprint density at radius 1 is 1.58 bits per heavy atom. The van der Waals surface area contributed by atoms with Crippen LogP contribution in [0.3, 0.4) is 0 Å². The summed E-state index contributed by atoms with van der Waals surface area (Å²) in [4.78, 5) is 4.17. The van der Waals surface area contributed by atoms with Gasteiger partial charge in [-0.05, 0) is 27.9 Å². The minimum absolute atomic E-state index is 0.345. The fourth-order valence-corrected chi connectivity index (χ4v) is 1.84. The number of nitrogens with two attached hydrogens (primary N) is 1. The standard InChI is InChI=1S/C8H10BrClN2/c1-4(2)7-5(9)3-6(11)8(10)12-7/h3-4H,11H2,1-2H3. The third kappa shape index (κ3) is 1.90. The van der Waals surface area contributed by atoms with Crippen molar-refractivity contribution in [2.45, 2.75) is 19.8 Å². The zero-order valence-corrected chi connectivity index (χ0v) is 9.28. The molecule has 2 N–H and O–H groups in total. The monoisotopic (exact) mass is 248 g/mol. The van der Waals surface area contributed by atoms with Crippen LogP contribution in [0, 0.1) is 0 Å². The first-order valence-corrected chi connectivity index (χ1v) is 4.81. The molecule has 0 amide bonds. The second kappa shape index (κ2) is 3.62. The van der Waals surface area contributed by atoms with Gasteiger partial charge in [-0.1, -0.05) is 25.4 Å². The summed E-state index contributed by atoms with van der Waals surface area (Å²) in [6.45, 7) is 4.11. The van der Waals surface area contributed by atoms with Crippen molar-refractivity contribution >= 4 is 33.2 Å². The van der Waals surface area contributed by atoms with E-state index in [1.807, 2.05) is 0 Å². The molecule has 1 aromatic heterocycles. The van der Waals surface area contributed by atoms with Crippen molar-refractivity contribution in [3.8, 4) is 0 Å². The molecule has 0 spiro atoms. The Morgan fingerprint density at radius 2 is 2.17 bits per heavy atom. The van der Waals surface area contributed by atoms with Gasteiger partial charge in [0.05, 0.1) is 11.4 Å². The molecule has 0 radical (unpaired) electrons. The van der Waals surface area contributed by atoms with Gasteiger partial charge in [0.25, 0.3) is 0 Å². The van der Waals surface area contributed by atoms with Crippen LogP contribution >= 0.6 is 27.5 Å². The lowest BCUT2D eigenvalue weighted by Gasteiger charge is -2.08. The molecule has 12 heavy (non-hydrogen) atoms. The molecular formula is C8H10BrClN2. The highest BCUT2D eigenvalue weighted by Gasteiger charge is 2.09. The minimum Gasteiger partial charge on any atom is -0.396 e. The van der Waals surface area contributed by atoms with E-state index in [0.717, 1.165) is 10.2 Å². The van der Waals surface area contributed by atoms with Gasteiger partial charge in [-0.25, -0.2) is 4.98 Å². The molecule has 0 unspecified atom stereocenters. The summed E-state index contributed by atoms with van der Waals surface area (Å²) in [6, 6.07) is 1.78. The lowest BCUT2D eigenvalue weighted by atomic mass is 10.1. The first-order chi connectivity index (χ1) is 5.52. The maximum absolute atomic E-state index is 5.77. The van der Waals surface area contributed by atoms with Gasteiger partial charge in [-0.2, -0.15) is 0 Å². The average molecular weight is 250 g/mol. The number of rotatable bonds is 1. The summed E-state index contributed by atoms with van der Waals surface area (Å²) in [5, 5.41) is 0.377. The number of pyridine rings is 1. The molecule has 2 nitrogen and oxygen atoms in total. The van der Waals surface area contributed by atoms with E-state index in [0.29, 0.717) is 16.8 Å². The Balaban J connectivity index is 3.23. The zero-order valence-electron chi connectivity index (χ0n) is 6.94. The van der Waals surface area contributed by atoms with Gasteiger partial charge in [0.2, 0.25) is 0 Å². The van der Waals surface area contributed by atoms with E-state index >= 15 is 0 Å². The third-order valence-electron chi connectivity index (χ3n) is 1.53. The van der Waals surface area contributed by atoms with Crippen LogP contribution in [0.1, 0.15) is 25.5 Å². The van der Waals surface area contributed by atoms with Crippen molar-refractivity contribution in [3.63, 3.8) is 0 Å². The summed E-state index contributed by atoms with van der Waals surface area (Å²) in [5.41, 5.74) is 7.01. The zero-order chi connectivity index (χ0) is 9.30. The van der Waals surface area contributed by atoms with Crippen molar-refractivity contribution in [3.05, 3.63) is 21.4 Å². The predicted octanol–water partition coefficient (Wildman–Crippen LogP) is 3.20. The highest BCUT2D eigenvalue weighted by atomic mass is 79.9. The van der Waals surface area contributed by atoms with Crippen molar-refractivity contribution in [2.75, 3.05) is 5.73 Å². The number of anilines is 1. The number of nitrogens with zero attached hydrogens (tertiary/aromatic N) is 1. The van der Waals surface area contributed by atoms with Crippen LogP contribution in [0.15, 0.2) is 10.5 Å². The largest absolute Gasteiger partial charge is 0.396 e. The number of hydrogen-bond acceptors (Lipinski definition) is 2. The lowest BCUT2D eigenvalue weighted by molar-refractivity contribution is 0.817. The molecule has 0 aliphatic rings. The van der Waals surface area contributed by atoms with E-state index < -0.39 is 0 Å². The number of halogens is 2. The predicted molar refractivity (Wildman–Crippen MR) is 55.4 cm³/mol. The quantitative estimate of drug-likeness (QED) is 0.776. The SMILES string of the molecule is CC(C)c1nc(Cl)c(N)cc1Br.